The van der Waals surface area contributed by atoms with E-state index in [2.05, 4.69) is 19.7 Å². The van der Waals surface area contributed by atoms with Gasteiger partial charge in [-0.05, 0) is 18.7 Å². The summed E-state index contributed by atoms with van der Waals surface area (Å²) in [5.74, 6) is 1.03. The minimum atomic E-state index is 0.906. The first-order valence-corrected chi connectivity index (χ1v) is 3.54. The van der Waals surface area contributed by atoms with E-state index >= 15 is 0 Å². The number of hydrogen-bond acceptors (Lipinski definition) is 2. The molecule has 0 saturated carbocycles. The van der Waals surface area contributed by atoms with Crippen molar-refractivity contribution in [3.63, 3.8) is 0 Å². The number of hydrogen-bond donors (Lipinski definition) is 0. The molecule has 0 aliphatic heterocycles. The fourth-order valence-corrected chi connectivity index (χ4v) is 0.780. The van der Waals surface area contributed by atoms with Gasteiger partial charge in [-0.2, -0.15) is 0 Å². The van der Waals surface area contributed by atoms with Crippen LogP contribution in [-0.4, -0.2) is 19.3 Å². The fraction of sp³-hybridized carbons (Fsp3) is 0.429. The van der Waals surface area contributed by atoms with Gasteiger partial charge in [-0.15, -0.1) is 0 Å². The Morgan fingerprint density at radius 3 is 3.00 bits per heavy atom. The summed E-state index contributed by atoms with van der Waals surface area (Å²) in [5, 5.41) is 0. The third kappa shape index (κ3) is 1.92. The zero-order valence-electron chi connectivity index (χ0n) is 6.50. The average molecular weight is 137 g/mol. The highest BCUT2D eigenvalue weighted by atomic mass is 16.3. The van der Waals surface area contributed by atoms with Crippen molar-refractivity contribution in [2.75, 3.05) is 6.54 Å². The third-order valence-corrected chi connectivity index (χ3v) is 1.55. The average Bonchev–Trinajstić information content (AvgIpc) is 2.40. The molecule has 3 heteroatoms. The Hall–Kier alpha value is -0.695. The molecule has 0 spiro atoms. The molecular weight excluding hydrogens is 125 g/mol. The summed E-state index contributed by atoms with van der Waals surface area (Å²) < 4.78 is 5.16. The second kappa shape index (κ2) is 3.47. The second-order valence-electron chi connectivity index (χ2n) is 2.41. The van der Waals surface area contributed by atoms with Crippen LogP contribution in [0.3, 0.4) is 0 Å². The Kier molecular flexibility index (Phi) is 2.57. The van der Waals surface area contributed by atoms with E-state index in [1.807, 2.05) is 12.1 Å². The van der Waals surface area contributed by atoms with Crippen LogP contribution in [0.25, 0.3) is 0 Å². The Labute approximate surface area is 62.3 Å². The van der Waals surface area contributed by atoms with E-state index in [4.69, 9.17) is 4.42 Å². The summed E-state index contributed by atoms with van der Waals surface area (Å²) in [6.45, 7) is 4.09. The van der Waals surface area contributed by atoms with Crippen molar-refractivity contribution in [3.05, 3.63) is 24.2 Å². The summed E-state index contributed by atoms with van der Waals surface area (Å²) in [6, 6.07) is 3.91. The Balaban J connectivity index is 2.40. The second-order valence-corrected chi connectivity index (χ2v) is 2.41. The molecule has 0 aliphatic carbocycles. The van der Waals surface area contributed by atoms with Gasteiger partial charge in [0.05, 0.1) is 6.26 Å². The predicted molar refractivity (Wildman–Crippen MR) is 43.3 cm³/mol. The van der Waals surface area contributed by atoms with E-state index < -0.39 is 0 Å². The lowest BCUT2D eigenvalue weighted by Crippen LogP contribution is -2.18. The zero-order chi connectivity index (χ0) is 7.40. The maximum Gasteiger partial charge on any atom is 0.186 e. The molecule has 1 heterocycles. The van der Waals surface area contributed by atoms with Crippen LogP contribution in [0.2, 0.25) is 0 Å². The lowest BCUT2D eigenvalue weighted by Gasteiger charge is -2.10. The van der Waals surface area contributed by atoms with Crippen molar-refractivity contribution in [1.82, 2.24) is 4.81 Å². The zero-order valence-corrected chi connectivity index (χ0v) is 6.50. The summed E-state index contributed by atoms with van der Waals surface area (Å²) in [5.41, 5.74) is 0. The van der Waals surface area contributed by atoms with Gasteiger partial charge in [0.15, 0.2) is 7.98 Å². The quantitative estimate of drug-likeness (QED) is 0.568. The fourth-order valence-electron chi connectivity index (χ4n) is 0.780. The van der Waals surface area contributed by atoms with Gasteiger partial charge < -0.3 is 9.23 Å². The molecule has 0 aliphatic rings. The number of rotatable bonds is 3. The number of furan rings is 1. The van der Waals surface area contributed by atoms with E-state index in [1.165, 1.54) is 0 Å². The lowest BCUT2D eigenvalue weighted by molar-refractivity contribution is 0.398. The van der Waals surface area contributed by atoms with Crippen molar-refractivity contribution < 1.29 is 4.42 Å². The molecule has 1 rings (SSSR count). The molecule has 0 radical (unpaired) electrons. The molecule has 54 valence electrons. The van der Waals surface area contributed by atoms with Crippen molar-refractivity contribution in [3.8, 4) is 0 Å². The highest BCUT2D eigenvalue weighted by molar-refractivity contribution is 6.04. The molecule has 10 heavy (non-hydrogen) atoms. The maximum absolute atomic E-state index is 5.16. The van der Waals surface area contributed by atoms with E-state index in [0.29, 0.717) is 0 Å². The summed E-state index contributed by atoms with van der Waals surface area (Å²) >= 11 is 0. The molecule has 2 nitrogen and oxygen atoms in total. The van der Waals surface area contributed by atoms with E-state index in [-0.39, 0.29) is 0 Å². The Morgan fingerprint density at radius 2 is 2.50 bits per heavy atom. The van der Waals surface area contributed by atoms with Crippen LogP contribution in [0, 0.1) is 0 Å². The normalized spacial score (nSPS) is 10.6. The van der Waals surface area contributed by atoms with E-state index in [1.54, 1.807) is 6.26 Å². The van der Waals surface area contributed by atoms with Crippen LogP contribution in [-0.2, 0) is 6.54 Å². The molecule has 0 saturated heterocycles. The van der Waals surface area contributed by atoms with Crippen LogP contribution in [0.15, 0.2) is 22.8 Å². The summed E-state index contributed by atoms with van der Waals surface area (Å²) in [4.78, 5) is 2.19. The van der Waals surface area contributed by atoms with Crippen LogP contribution >= 0.6 is 0 Å². The largest absolute Gasteiger partial charge is 0.468 e. The monoisotopic (exact) mass is 137 g/mol. The molecule has 1 aromatic rings. The first kappa shape index (κ1) is 7.41. The summed E-state index contributed by atoms with van der Waals surface area (Å²) in [7, 11) is 2.07. The molecule has 0 unspecified atom stereocenters. The molecule has 0 bridgehead atoms. The van der Waals surface area contributed by atoms with E-state index in [0.717, 1.165) is 18.8 Å². The molecule has 0 atom stereocenters. The number of nitrogens with zero attached hydrogens (tertiary/aromatic N) is 1. The van der Waals surface area contributed by atoms with Gasteiger partial charge in [0.2, 0.25) is 0 Å². The van der Waals surface area contributed by atoms with Gasteiger partial charge in [0, 0.05) is 6.54 Å². The Morgan fingerprint density at radius 1 is 1.70 bits per heavy atom. The van der Waals surface area contributed by atoms with Crippen molar-refractivity contribution >= 4 is 7.98 Å². The van der Waals surface area contributed by atoms with Gasteiger partial charge in [-0.25, -0.2) is 0 Å². The summed E-state index contributed by atoms with van der Waals surface area (Å²) in [6.07, 6.45) is 1.71. The van der Waals surface area contributed by atoms with Crippen LogP contribution < -0.4 is 0 Å². The topological polar surface area (TPSA) is 16.4 Å². The molecule has 0 N–H and O–H groups in total. The van der Waals surface area contributed by atoms with Crippen molar-refractivity contribution in [1.29, 1.82) is 0 Å². The minimum absolute atomic E-state index is 0.906. The lowest BCUT2D eigenvalue weighted by atomic mass is 10.3. The molecule has 0 aromatic carbocycles. The Bertz CT molecular complexity index is 174. The molecular formula is C7H12BNO. The van der Waals surface area contributed by atoms with Gasteiger partial charge >= 0.3 is 0 Å². The minimum Gasteiger partial charge on any atom is -0.468 e. The highest BCUT2D eigenvalue weighted by Gasteiger charge is 1.97. The van der Waals surface area contributed by atoms with E-state index in [9.17, 15) is 0 Å². The maximum atomic E-state index is 5.16. The van der Waals surface area contributed by atoms with Gasteiger partial charge in [0.1, 0.15) is 5.76 Å². The smallest absolute Gasteiger partial charge is 0.186 e. The van der Waals surface area contributed by atoms with Crippen LogP contribution in [0.5, 0.6) is 0 Å². The van der Waals surface area contributed by atoms with Crippen LogP contribution in [0.4, 0.5) is 0 Å². The first-order valence-electron chi connectivity index (χ1n) is 3.54. The highest BCUT2D eigenvalue weighted by Crippen LogP contribution is 2.01. The molecule has 0 amide bonds. The van der Waals surface area contributed by atoms with Crippen molar-refractivity contribution in [2.45, 2.75) is 13.5 Å². The first-order chi connectivity index (χ1) is 4.83. The van der Waals surface area contributed by atoms with Crippen LogP contribution in [0.1, 0.15) is 12.7 Å². The van der Waals surface area contributed by atoms with Gasteiger partial charge in [-0.1, -0.05) is 6.92 Å². The van der Waals surface area contributed by atoms with Gasteiger partial charge in [0.25, 0.3) is 0 Å². The predicted octanol–water partition coefficient (Wildman–Crippen LogP) is 0.650. The molecule has 1 aromatic heterocycles. The third-order valence-electron chi connectivity index (χ3n) is 1.55. The van der Waals surface area contributed by atoms with Gasteiger partial charge in [-0.3, -0.25) is 0 Å². The van der Waals surface area contributed by atoms with Crippen molar-refractivity contribution in [2.24, 2.45) is 0 Å². The standard InChI is InChI=1S/C7H12BNO/c1-2-9(8)6-7-4-3-5-10-7/h3-5H,2,6,8H2,1H3. The SMILES string of the molecule is BN(CC)Cc1ccco1. The molecule has 0 fully saturated rings.